The number of hydrogen-bond donors (Lipinski definition) is 2. The Hall–Kier alpha value is -2.46. The van der Waals surface area contributed by atoms with Gasteiger partial charge in [0.05, 0.1) is 23.6 Å². The van der Waals surface area contributed by atoms with Crippen molar-refractivity contribution in [3.63, 3.8) is 0 Å². The number of hydrogen-bond acceptors (Lipinski definition) is 5. The van der Waals surface area contributed by atoms with E-state index in [2.05, 4.69) is 36.5 Å². The lowest BCUT2D eigenvalue weighted by Gasteiger charge is -2.08. The van der Waals surface area contributed by atoms with E-state index in [4.69, 9.17) is 5.26 Å². The van der Waals surface area contributed by atoms with Gasteiger partial charge in [0, 0.05) is 11.0 Å². The number of benzene rings is 1. The molecule has 2 aromatic rings. The van der Waals surface area contributed by atoms with Crippen LogP contribution in [0.1, 0.15) is 23.0 Å². The third-order valence-electron chi connectivity index (χ3n) is 2.58. The highest BCUT2D eigenvalue weighted by atomic mass is 79.9. The van der Waals surface area contributed by atoms with E-state index in [9.17, 15) is 4.79 Å². The molecule has 0 atom stereocenters. The molecule has 1 aromatic carbocycles. The highest BCUT2D eigenvalue weighted by molar-refractivity contribution is 9.10. The second-order valence-electron chi connectivity index (χ2n) is 4.08. The molecule has 6 nitrogen and oxygen atoms in total. The summed E-state index contributed by atoms with van der Waals surface area (Å²) in [5.74, 6) is 0.108. The van der Waals surface area contributed by atoms with Gasteiger partial charge in [-0.1, -0.05) is 15.9 Å². The van der Waals surface area contributed by atoms with E-state index in [1.165, 1.54) is 6.20 Å². The van der Waals surface area contributed by atoms with E-state index >= 15 is 0 Å². The van der Waals surface area contributed by atoms with E-state index in [1.807, 2.05) is 13.0 Å². The molecular weight excluding hydrogens is 334 g/mol. The zero-order valence-corrected chi connectivity index (χ0v) is 12.8. The number of nitrogens with one attached hydrogen (secondary N) is 2. The fraction of sp³-hybridized carbons (Fsp3) is 0.143. The Kier molecular flexibility index (Phi) is 4.85. The molecule has 1 amide bonds. The fourth-order valence-corrected chi connectivity index (χ4v) is 2.01. The van der Waals surface area contributed by atoms with Crippen molar-refractivity contribution in [2.45, 2.75) is 6.92 Å². The first kappa shape index (κ1) is 14.9. The molecule has 0 saturated carbocycles. The smallest absolute Gasteiger partial charge is 0.275 e. The van der Waals surface area contributed by atoms with Crippen molar-refractivity contribution < 1.29 is 4.79 Å². The quantitative estimate of drug-likeness (QED) is 0.888. The van der Waals surface area contributed by atoms with Gasteiger partial charge in [0.25, 0.3) is 5.91 Å². The topological polar surface area (TPSA) is 90.7 Å². The van der Waals surface area contributed by atoms with Gasteiger partial charge in [-0.3, -0.25) is 9.78 Å². The minimum Gasteiger partial charge on any atom is -0.369 e. The molecule has 21 heavy (non-hydrogen) atoms. The van der Waals surface area contributed by atoms with Gasteiger partial charge < -0.3 is 10.6 Å². The molecule has 0 aliphatic rings. The number of amides is 1. The summed E-state index contributed by atoms with van der Waals surface area (Å²) in [5.41, 5.74) is 0.979. The number of halogens is 1. The van der Waals surface area contributed by atoms with Crippen molar-refractivity contribution >= 4 is 33.3 Å². The monoisotopic (exact) mass is 345 g/mol. The van der Waals surface area contributed by atoms with Crippen LogP contribution in [-0.2, 0) is 0 Å². The molecule has 0 saturated heterocycles. The largest absolute Gasteiger partial charge is 0.369 e. The zero-order chi connectivity index (χ0) is 15.2. The zero-order valence-electron chi connectivity index (χ0n) is 11.2. The number of rotatable bonds is 4. The van der Waals surface area contributed by atoms with Crippen LogP contribution < -0.4 is 10.6 Å². The van der Waals surface area contributed by atoms with Crippen LogP contribution in [0.25, 0.3) is 0 Å². The molecule has 0 unspecified atom stereocenters. The van der Waals surface area contributed by atoms with Crippen molar-refractivity contribution in [3.8, 4) is 6.07 Å². The molecule has 106 valence electrons. The van der Waals surface area contributed by atoms with Crippen LogP contribution in [0.5, 0.6) is 0 Å². The first-order valence-corrected chi connectivity index (χ1v) is 7.00. The van der Waals surface area contributed by atoms with Crippen molar-refractivity contribution in [2.24, 2.45) is 0 Å². The second kappa shape index (κ2) is 6.81. The highest BCUT2D eigenvalue weighted by Crippen LogP contribution is 2.21. The molecular formula is C14H12BrN5O. The number of carbonyl (C=O) groups excluding carboxylic acids is 1. The highest BCUT2D eigenvalue weighted by Gasteiger charge is 2.12. The Labute approximate surface area is 130 Å². The second-order valence-corrected chi connectivity index (χ2v) is 4.99. The van der Waals surface area contributed by atoms with Gasteiger partial charge in [-0.25, -0.2) is 4.98 Å². The Morgan fingerprint density at radius 2 is 2.24 bits per heavy atom. The van der Waals surface area contributed by atoms with Crippen molar-refractivity contribution in [1.29, 1.82) is 5.26 Å². The molecule has 0 bridgehead atoms. The lowest BCUT2D eigenvalue weighted by molar-refractivity contribution is 0.102. The minimum absolute atomic E-state index is 0.178. The van der Waals surface area contributed by atoms with Gasteiger partial charge in [0.2, 0.25) is 0 Å². The number of carbonyl (C=O) groups is 1. The van der Waals surface area contributed by atoms with Gasteiger partial charge >= 0.3 is 0 Å². The molecule has 2 rings (SSSR count). The average molecular weight is 346 g/mol. The molecule has 2 N–H and O–H groups in total. The fourth-order valence-electron chi connectivity index (χ4n) is 1.65. The van der Waals surface area contributed by atoms with Crippen molar-refractivity contribution in [1.82, 2.24) is 9.97 Å². The number of aromatic nitrogens is 2. The molecule has 0 aliphatic carbocycles. The van der Waals surface area contributed by atoms with Gasteiger partial charge in [0.1, 0.15) is 17.6 Å². The predicted octanol–water partition coefficient (Wildman–Crippen LogP) is 2.79. The molecule has 0 fully saturated rings. The first-order chi connectivity index (χ1) is 10.1. The van der Waals surface area contributed by atoms with Crippen LogP contribution in [0.3, 0.4) is 0 Å². The Balaban J connectivity index is 2.24. The normalized spacial score (nSPS) is 9.76. The summed E-state index contributed by atoms with van der Waals surface area (Å²) in [6, 6.07) is 7.05. The molecule has 0 radical (unpaired) electrons. The van der Waals surface area contributed by atoms with Crippen LogP contribution in [0.2, 0.25) is 0 Å². The van der Waals surface area contributed by atoms with Gasteiger partial charge in [-0.15, -0.1) is 0 Å². The molecule has 0 aliphatic heterocycles. The van der Waals surface area contributed by atoms with Crippen molar-refractivity contribution in [2.75, 3.05) is 17.2 Å². The Morgan fingerprint density at radius 3 is 2.95 bits per heavy atom. The lowest BCUT2D eigenvalue weighted by Crippen LogP contribution is -2.16. The van der Waals surface area contributed by atoms with E-state index < -0.39 is 5.91 Å². The third kappa shape index (κ3) is 3.77. The van der Waals surface area contributed by atoms with E-state index in [-0.39, 0.29) is 5.69 Å². The molecule has 1 heterocycles. The number of nitriles is 1. The third-order valence-corrected chi connectivity index (χ3v) is 3.07. The summed E-state index contributed by atoms with van der Waals surface area (Å²) in [4.78, 5) is 20.3. The maximum Gasteiger partial charge on any atom is 0.275 e. The Morgan fingerprint density at radius 1 is 1.43 bits per heavy atom. The maximum absolute atomic E-state index is 12.2. The summed E-state index contributed by atoms with van der Waals surface area (Å²) in [6.45, 7) is 2.61. The molecule has 7 heteroatoms. The van der Waals surface area contributed by atoms with Crippen LogP contribution in [-0.4, -0.2) is 22.4 Å². The van der Waals surface area contributed by atoms with Gasteiger partial charge in [-0.05, 0) is 25.1 Å². The van der Waals surface area contributed by atoms with E-state index in [0.29, 0.717) is 23.6 Å². The maximum atomic E-state index is 12.2. The summed E-state index contributed by atoms with van der Waals surface area (Å²) < 4.78 is 0.768. The van der Waals surface area contributed by atoms with Crippen LogP contribution in [0.4, 0.5) is 11.5 Å². The van der Waals surface area contributed by atoms with E-state index in [0.717, 1.165) is 4.47 Å². The standard InChI is InChI=1S/C14H12BrN5O/c1-2-18-13-8-17-7-12(19-13)14(21)20-11-5-10(15)4-3-9(11)6-16/h3-5,7-8H,2H2,1H3,(H,18,19)(H,20,21). The lowest BCUT2D eigenvalue weighted by atomic mass is 10.2. The van der Waals surface area contributed by atoms with Crippen LogP contribution >= 0.6 is 15.9 Å². The van der Waals surface area contributed by atoms with Gasteiger partial charge in [0.15, 0.2) is 0 Å². The van der Waals surface area contributed by atoms with Gasteiger partial charge in [-0.2, -0.15) is 5.26 Å². The first-order valence-electron chi connectivity index (χ1n) is 6.21. The SMILES string of the molecule is CCNc1cncc(C(=O)Nc2cc(Br)ccc2C#N)n1. The number of nitrogens with zero attached hydrogens (tertiary/aromatic N) is 3. The Bertz CT molecular complexity index is 711. The molecule has 0 spiro atoms. The summed E-state index contributed by atoms with van der Waals surface area (Å²) in [5, 5.41) is 14.7. The summed E-state index contributed by atoms with van der Waals surface area (Å²) in [6.07, 6.45) is 2.92. The average Bonchev–Trinajstić information content (AvgIpc) is 2.48. The predicted molar refractivity (Wildman–Crippen MR) is 83.0 cm³/mol. The van der Waals surface area contributed by atoms with Crippen LogP contribution in [0.15, 0.2) is 35.1 Å². The molecule has 1 aromatic heterocycles. The minimum atomic E-state index is -0.420. The van der Waals surface area contributed by atoms with E-state index in [1.54, 1.807) is 24.4 Å². The summed E-state index contributed by atoms with van der Waals surface area (Å²) in [7, 11) is 0. The van der Waals surface area contributed by atoms with Crippen molar-refractivity contribution in [3.05, 3.63) is 46.3 Å². The van der Waals surface area contributed by atoms with Crippen LogP contribution in [0, 0.1) is 11.3 Å². The summed E-state index contributed by atoms with van der Waals surface area (Å²) >= 11 is 3.31. The number of anilines is 2.